The Kier molecular flexibility index (Phi) is 4.38. The van der Waals surface area contributed by atoms with Crippen LogP contribution < -0.4 is 4.74 Å². The molecule has 0 unspecified atom stereocenters. The number of isocyanates is 1. The molecule has 0 saturated heterocycles. The molecule has 0 aliphatic heterocycles. The fourth-order valence-corrected chi connectivity index (χ4v) is 2.51. The van der Waals surface area contributed by atoms with Gasteiger partial charge in [0.05, 0.1) is 36.8 Å². The number of aryl methyl sites for hydroxylation is 1. The first-order chi connectivity index (χ1) is 12.2. The van der Waals surface area contributed by atoms with Crippen LogP contribution in [0.1, 0.15) is 5.69 Å². The lowest BCUT2D eigenvalue weighted by Crippen LogP contribution is -2.02. The Morgan fingerprint density at radius 3 is 2.56 bits per heavy atom. The van der Waals surface area contributed by atoms with Gasteiger partial charge in [0.2, 0.25) is 12.0 Å². The Bertz CT molecular complexity index is 992. The number of nitrogens with zero attached hydrogens (tertiary/aromatic N) is 5. The van der Waals surface area contributed by atoms with Crippen molar-refractivity contribution in [3.63, 3.8) is 0 Å². The summed E-state index contributed by atoms with van der Waals surface area (Å²) in [6, 6.07) is 10.6. The van der Waals surface area contributed by atoms with Crippen molar-refractivity contribution >= 4 is 17.5 Å². The van der Waals surface area contributed by atoms with Gasteiger partial charge in [-0.25, -0.2) is 14.6 Å². The molecule has 1 aromatic carbocycles. The Balaban J connectivity index is 2.10. The van der Waals surface area contributed by atoms with Crippen LogP contribution in [0.5, 0.6) is 5.88 Å². The van der Waals surface area contributed by atoms with E-state index in [0.717, 1.165) is 16.8 Å². The van der Waals surface area contributed by atoms with E-state index in [2.05, 4.69) is 19.9 Å². The molecule has 0 aliphatic rings. The Morgan fingerprint density at radius 2 is 2.00 bits per heavy atom. The van der Waals surface area contributed by atoms with Gasteiger partial charge in [-0.2, -0.15) is 14.8 Å². The highest BCUT2D eigenvalue weighted by atomic mass is 16.5. The minimum absolute atomic E-state index is 0.413. The molecular weight excluding hydrogens is 318 g/mol. The number of pyridine rings is 1. The molecule has 0 spiro atoms. The molecule has 3 aromatic rings. The number of ether oxygens (including phenoxy) is 1. The molecule has 7 nitrogen and oxygen atoms in total. The molecule has 2 heterocycles. The quantitative estimate of drug-likeness (QED) is 0.414. The molecule has 0 amide bonds. The molecule has 0 atom stereocenters. The highest BCUT2D eigenvalue weighted by Crippen LogP contribution is 2.35. The number of hydrogen-bond donors (Lipinski definition) is 0. The van der Waals surface area contributed by atoms with Crippen LogP contribution in [0.3, 0.4) is 0 Å². The Hall–Kier alpha value is -3.75. The van der Waals surface area contributed by atoms with Gasteiger partial charge in [0.25, 0.3) is 0 Å². The molecule has 0 aliphatic carbocycles. The van der Waals surface area contributed by atoms with Gasteiger partial charge in [-0.1, -0.05) is 24.3 Å². The predicted molar refractivity (Wildman–Crippen MR) is 92.1 cm³/mol. The number of methoxy groups -OCH3 is 1. The third-order valence-corrected chi connectivity index (χ3v) is 3.62. The van der Waals surface area contributed by atoms with Gasteiger partial charge in [0.1, 0.15) is 0 Å². The number of aromatic nitrogens is 3. The van der Waals surface area contributed by atoms with Gasteiger partial charge < -0.3 is 4.74 Å². The van der Waals surface area contributed by atoms with Crippen molar-refractivity contribution in [1.82, 2.24) is 14.8 Å². The summed E-state index contributed by atoms with van der Waals surface area (Å²) >= 11 is 0. The maximum Gasteiger partial charge on any atom is 0.240 e. The second-order valence-electron chi connectivity index (χ2n) is 5.12. The zero-order valence-corrected chi connectivity index (χ0v) is 13.6. The SMILES string of the molecule is [C-]#[N+]c1ccc(-c2c(C)nn(-c3ccc(N=C=O)cn3)c2OC)cc1. The van der Waals surface area contributed by atoms with Crippen LogP contribution in [0.2, 0.25) is 0 Å². The molecule has 0 bridgehead atoms. The summed E-state index contributed by atoms with van der Waals surface area (Å²) in [5.74, 6) is 1.07. The molecule has 7 heteroatoms. The smallest absolute Gasteiger partial charge is 0.240 e. The Morgan fingerprint density at radius 1 is 1.24 bits per heavy atom. The minimum atomic E-state index is 0.413. The lowest BCUT2D eigenvalue weighted by molar-refractivity contribution is 0.384. The van der Waals surface area contributed by atoms with E-state index < -0.39 is 0 Å². The number of carbonyl (C=O) groups excluding carboxylic acids is 1. The second kappa shape index (κ2) is 6.79. The third-order valence-electron chi connectivity index (χ3n) is 3.62. The summed E-state index contributed by atoms with van der Waals surface area (Å²) in [6.07, 6.45) is 2.94. The maximum atomic E-state index is 10.3. The van der Waals surface area contributed by atoms with Crippen molar-refractivity contribution in [3.8, 4) is 22.8 Å². The molecule has 3 rings (SSSR count). The van der Waals surface area contributed by atoms with Crippen LogP contribution in [0.15, 0.2) is 47.6 Å². The van der Waals surface area contributed by atoms with Crippen molar-refractivity contribution in [2.24, 2.45) is 4.99 Å². The van der Waals surface area contributed by atoms with Gasteiger partial charge in [0, 0.05) is 0 Å². The van der Waals surface area contributed by atoms with Crippen LogP contribution in [-0.4, -0.2) is 28.0 Å². The lowest BCUT2D eigenvalue weighted by atomic mass is 10.1. The molecular formula is C18H13N5O2. The third kappa shape index (κ3) is 3.02. The number of benzene rings is 1. The summed E-state index contributed by atoms with van der Waals surface area (Å²) in [6.45, 7) is 8.92. The molecule has 0 saturated carbocycles. The summed E-state index contributed by atoms with van der Waals surface area (Å²) in [4.78, 5) is 21.5. The summed E-state index contributed by atoms with van der Waals surface area (Å²) < 4.78 is 7.14. The van der Waals surface area contributed by atoms with Gasteiger partial charge in [-0.15, -0.1) is 0 Å². The summed E-state index contributed by atoms with van der Waals surface area (Å²) in [7, 11) is 1.56. The van der Waals surface area contributed by atoms with Gasteiger partial charge in [-0.05, 0) is 24.6 Å². The van der Waals surface area contributed by atoms with Crippen molar-refractivity contribution < 1.29 is 9.53 Å². The van der Waals surface area contributed by atoms with E-state index >= 15 is 0 Å². The summed E-state index contributed by atoms with van der Waals surface area (Å²) in [5.41, 5.74) is 3.48. The first kappa shape index (κ1) is 16.1. The first-order valence-corrected chi connectivity index (χ1v) is 7.33. The zero-order valence-electron chi connectivity index (χ0n) is 13.6. The molecule has 0 radical (unpaired) electrons. The highest BCUT2D eigenvalue weighted by Gasteiger charge is 2.19. The fourth-order valence-electron chi connectivity index (χ4n) is 2.51. The lowest BCUT2D eigenvalue weighted by Gasteiger charge is -2.08. The monoisotopic (exact) mass is 331 g/mol. The standard InChI is InChI=1S/C18H13N5O2/c1-12-17(13-4-6-14(19-2)7-5-13)18(25-3)23(22-12)16-9-8-15(10-20-16)21-11-24/h4-10H,1,3H3. The van der Waals surface area contributed by atoms with Gasteiger partial charge in [0.15, 0.2) is 11.5 Å². The fraction of sp³-hybridized carbons (Fsp3) is 0.111. The topological polar surface area (TPSA) is 73.7 Å². The largest absolute Gasteiger partial charge is 0.480 e. The van der Waals surface area contributed by atoms with Gasteiger partial charge in [-0.3, -0.25) is 0 Å². The van der Waals surface area contributed by atoms with E-state index in [-0.39, 0.29) is 0 Å². The number of hydrogen-bond acceptors (Lipinski definition) is 5. The predicted octanol–water partition coefficient (Wildman–Crippen LogP) is 3.77. The van der Waals surface area contributed by atoms with E-state index in [0.29, 0.717) is 23.1 Å². The maximum absolute atomic E-state index is 10.3. The van der Waals surface area contributed by atoms with Crippen LogP contribution in [0, 0.1) is 13.5 Å². The molecule has 122 valence electrons. The van der Waals surface area contributed by atoms with E-state index in [1.165, 1.54) is 12.3 Å². The molecule has 25 heavy (non-hydrogen) atoms. The molecule has 2 aromatic heterocycles. The van der Waals surface area contributed by atoms with E-state index in [1.807, 2.05) is 19.1 Å². The molecule has 0 N–H and O–H groups in total. The van der Waals surface area contributed by atoms with Gasteiger partial charge >= 0.3 is 0 Å². The van der Waals surface area contributed by atoms with E-state index in [4.69, 9.17) is 11.3 Å². The second-order valence-corrected chi connectivity index (χ2v) is 5.12. The first-order valence-electron chi connectivity index (χ1n) is 7.33. The zero-order chi connectivity index (χ0) is 17.8. The van der Waals surface area contributed by atoms with E-state index in [9.17, 15) is 4.79 Å². The average molecular weight is 331 g/mol. The van der Waals surface area contributed by atoms with Crippen molar-refractivity contribution in [1.29, 1.82) is 0 Å². The van der Waals surface area contributed by atoms with Crippen LogP contribution in [0.4, 0.5) is 11.4 Å². The van der Waals surface area contributed by atoms with Crippen LogP contribution in [0.25, 0.3) is 21.8 Å². The normalized spacial score (nSPS) is 9.96. The molecule has 0 fully saturated rings. The van der Waals surface area contributed by atoms with Crippen molar-refractivity contribution in [2.45, 2.75) is 6.92 Å². The minimum Gasteiger partial charge on any atom is -0.480 e. The van der Waals surface area contributed by atoms with Crippen LogP contribution >= 0.6 is 0 Å². The van der Waals surface area contributed by atoms with Crippen molar-refractivity contribution in [3.05, 3.63) is 59.7 Å². The van der Waals surface area contributed by atoms with Crippen LogP contribution in [-0.2, 0) is 4.79 Å². The van der Waals surface area contributed by atoms with Crippen molar-refractivity contribution in [2.75, 3.05) is 7.11 Å². The number of rotatable bonds is 4. The average Bonchev–Trinajstić information content (AvgIpc) is 2.99. The Labute approximate surface area is 144 Å². The highest BCUT2D eigenvalue weighted by molar-refractivity contribution is 5.73. The van der Waals surface area contributed by atoms with E-state index in [1.54, 1.807) is 36.1 Å². The number of aliphatic imine (C=N–C) groups is 1. The summed E-state index contributed by atoms with van der Waals surface area (Å²) in [5, 5.41) is 4.51.